The van der Waals surface area contributed by atoms with Crippen LogP contribution in [0.25, 0.3) is 0 Å². The first-order valence-electron chi connectivity index (χ1n) is 6.27. The summed E-state index contributed by atoms with van der Waals surface area (Å²) in [6.45, 7) is 3.43. The molecular formula is C13H16FN3O. The molecular weight excluding hydrogens is 233 g/mol. The first kappa shape index (κ1) is 11.6. The number of piperazine rings is 1. The molecule has 1 aromatic rings. The van der Waals surface area contributed by atoms with Crippen LogP contribution in [0.3, 0.4) is 0 Å². The molecule has 2 heterocycles. The minimum Gasteiger partial charge on any atom is -0.351 e. The van der Waals surface area contributed by atoms with Gasteiger partial charge in [0, 0.05) is 19.1 Å². The lowest BCUT2D eigenvalue weighted by Gasteiger charge is -2.38. The third kappa shape index (κ3) is 1.88. The van der Waals surface area contributed by atoms with Crippen LogP contribution < -0.4 is 5.32 Å². The van der Waals surface area contributed by atoms with Crippen molar-refractivity contribution in [1.82, 2.24) is 15.2 Å². The number of hydrogen-bond acceptors (Lipinski definition) is 3. The Hall–Kier alpha value is -1.49. The minimum absolute atomic E-state index is 0.128. The highest BCUT2D eigenvalue weighted by atomic mass is 19.1. The number of carbonyl (C=O) groups excluding carboxylic acids is 1. The number of amides is 1. The van der Waals surface area contributed by atoms with Gasteiger partial charge in [-0.05, 0) is 31.9 Å². The van der Waals surface area contributed by atoms with E-state index in [1.807, 2.05) is 6.92 Å². The van der Waals surface area contributed by atoms with E-state index in [2.05, 4.69) is 15.2 Å². The van der Waals surface area contributed by atoms with Gasteiger partial charge in [-0.25, -0.2) is 4.39 Å². The van der Waals surface area contributed by atoms with Crippen molar-refractivity contribution in [2.75, 3.05) is 6.54 Å². The van der Waals surface area contributed by atoms with Gasteiger partial charge in [-0.15, -0.1) is 0 Å². The van der Waals surface area contributed by atoms with Crippen LogP contribution in [0, 0.1) is 5.82 Å². The highest BCUT2D eigenvalue weighted by molar-refractivity contribution is 5.90. The summed E-state index contributed by atoms with van der Waals surface area (Å²) in [5.41, 5.74) is 0.493. The summed E-state index contributed by atoms with van der Waals surface area (Å²) in [5, 5.41) is 3.00. The third-order valence-corrected chi connectivity index (χ3v) is 3.76. The standard InChI is InChI=1S/C13H16FN3O/c1-9-7-17(13(4-5-13)12(18)16-9)8-11-3-2-10(14)6-15-11/h2-3,6,9H,4-5,7-8H2,1H3,(H,16,18). The van der Waals surface area contributed by atoms with E-state index in [1.165, 1.54) is 12.3 Å². The van der Waals surface area contributed by atoms with Gasteiger partial charge in [0.25, 0.3) is 0 Å². The highest BCUT2D eigenvalue weighted by Crippen LogP contribution is 2.44. The lowest BCUT2D eigenvalue weighted by Crippen LogP contribution is -2.60. The molecule has 1 aromatic heterocycles. The molecule has 1 amide bonds. The summed E-state index contributed by atoms with van der Waals surface area (Å²) < 4.78 is 12.8. The van der Waals surface area contributed by atoms with Crippen LogP contribution in [-0.2, 0) is 11.3 Å². The second-order valence-corrected chi connectivity index (χ2v) is 5.25. The summed E-state index contributed by atoms with van der Waals surface area (Å²) in [4.78, 5) is 18.3. The number of halogens is 1. The molecule has 18 heavy (non-hydrogen) atoms. The Kier molecular flexibility index (Phi) is 2.59. The van der Waals surface area contributed by atoms with Crippen molar-refractivity contribution < 1.29 is 9.18 Å². The Morgan fingerprint density at radius 3 is 2.94 bits per heavy atom. The fourth-order valence-corrected chi connectivity index (χ4v) is 2.63. The maximum absolute atomic E-state index is 12.8. The van der Waals surface area contributed by atoms with E-state index in [1.54, 1.807) is 6.07 Å². The van der Waals surface area contributed by atoms with Gasteiger partial charge in [0.2, 0.25) is 5.91 Å². The second kappa shape index (κ2) is 4.02. The Morgan fingerprint density at radius 2 is 2.33 bits per heavy atom. The zero-order valence-electron chi connectivity index (χ0n) is 10.3. The number of hydrogen-bond donors (Lipinski definition) is 1. The molecule has 0 radical (unpaired) electrons. The highest BCUT2D eigenvalue weighted by Gasteiger charge is 2.56. The van der Waals surface area contributed by atoms with Gasteiger partial charge in [0.15, 0.2) is 0 Å². The average molecular weight is 249 g/mol. The largest absolute Gasteiger partial charge is 0.351 e. The van der Waals surface area contributed by atoms with Crippen LogP contribution in [0.15, 0.2) is 18.3 Å². The van der Waals surface area contributed by atoms with E-state index in [9.17, 15) is 9.18 Å². The third-order valence-electron chi connectivity index (χ3n) is 3.76. The maximum atomic E-state index is 12.8. The number of nitrogens with zero attached hydrogens (tertiary/aromatic N) is 2. The van der Waals surface area contributed by atoms with Gasteiger partial charge < -0.3 is 5.32 Å². The van der Waals surface area contributed by atoms with Gasteiger partial charge in [-0.2, -0.15) is 0 Å². The molecule has 1 atom stereocenters. The topological polar surface area (TPSA) is 45.2 Å². The molecule has 1 saturated carbocycles. The molecule has 1 aliphatic carbocycles. The Morgan fingerprint density at radius 1 is 1.56 bits per heavy atom. The maximum Gasteiger partial charge on any atom is 0.240 e. The van der Waals surface area contributed by atoms with Gasteiger partial charge in [-0.3, -0.25) is 14.7 Å². The van der Waals surface area contributed by atoms with Crippen LogP contribution in [0.2, 0.25) is 0 Å². The molecule has 1 saturated heterocycles. The van der Waals surface area contributed by atoms with Crippen LogP contribution in [0.5, 0.6) is 0 Å². The first-order chi connectivity index (χ1) is 8.60. The van der Waals surface area contributed by atoms with Gasteiger partial charge >= 0.3 is 0 Å². The van der Waals surface area contributed by atoms with Crippen molar-refractivity contribution in [3.05, 3.63) is 29.8 Å². The van der Waals surface area contributed by atoms with Gasteiger partial charge in [-0.1, -0.05) is 0 Å². The smallest absolute Gasteiger partial charge is 0.240 e. The van der Waals surface area contributed by atoms with Crippen molar-refractivity contribution in [2.24, 2.45) is 0 Å². The van der Waals surface area contributed by atoms with E-state index >= 15 is 0 Å². The predicted molar refractivity (Wildman–Crippen MR) is 64.2 cm³/mol. The predicted octanol–water partition coefficient (Wildman–Crippen LogP) is 1.07. The summed E-state index contributed by atoms with van der Waals surface area (Å²) in [6, 6.07) is 3.25. The molecule has 2 fully saturated rings. The Bertz CT molecular complexity index is 470. The molecule has 1 aliphatic heterocycles. The second-order valence-electron chi connectivity index (χ2n) is 5.25. The van der Waals surface area contributed by atoms with Gasteiger partial charge in [0.1, 0.15) is 11.4 Å². The van der Waals surface area contributed by atoms with E-state index in [-0.39, 0.29) is 23.3 Å². The molecule has 96 valence electrons. The lowest BCUT2D eigenvalue weighted by atomic mass is 10.1. The number of carbonyl (C=O) groups is 1. The normalized spacial score (nSPS) is 26.1. The monoisotopic (exact) mass is 249 g/mol. The summed E-state index contributed by atoms with van der Waals surface area (Å²) in [5.74, 6) is -0.201. The SMILES string of the molecule is CC1CN(Cc2ccc(F)cn2)C2(CC2)C(=O)N1. The molecule has 4 nitrogen and oxygen atoms in total. The molecule has 1 N–H and O–H groups in total. The minimum atomic E-state index is -0.329. The lowest BCUT2D eigenvalue weighted by molar-refractivity contribution is -0.132. The molecule has 1 unspecified atom stereocenters. The van der Waals surface area contributed by atoms with Crippen molar-refractivity contribution >= 4 is 5.91 Å². The van der Waals surface area contributed by atoms with Crippen molar-refractivity contribution in [1.29, 1.82) is 0 Å². The van der Waals surface area contributed by atoms with E-state index in [4.69, 9.17) is 0 Å². The molecule has 5 heteroatoms. The zero-order valence-corrected chi connectivity index (χ0v) is 10.3. The molecule has 0 aromatic carbocycles. The number of rotatable bonds is 2. The average Bonchev–Trinajstić information content (AvgIpc) is 3.10. The summed E-state index contributed by atoms with van der Waals surface area (Å²) >= 11 is 0. The van der Waals surface area contributed by atoms with Crippen molar-refractivity contribution in [3.63, 3.8) is 0 Å². The van der Waals surface area contributed by atoms with Crippen LogP contribution >= 0.6 is 0 Å². The number of aromatic nitrogens is 1. The van der Waals surface area contributed by atoms with E-state index in [0.717, 1.165) is 25.1 Å². The molecule has 3 rings (SSSR count). The van der Waals surface area contributed by atoms with Crippen molar-refractivity contribution in [2.45, 2.75) is 37.9 Å². The van der Waals surface area contributed by atoms with Crippen molar-refractivity contribution in [3.8, 4) is 0 Å². The first-order valence-corrected chi connectivity index (χ1v) is 6.27. The Balaban J connectivity index is 1.78. The Labute approximate surface area is 105 Å². The van der Waals surface area contributed by atoms with E-state index in [0.29, 0.717) is 6.54 Å². The summed E-state index contributed by atoms with van der Waals surface area (Å²) in [6.07, 6.45) is 3.04. The number of pyridine rings is 1. The molecule has 1 spiro atoms. The summed E-state index contributed by atoms with van der Waals surface area (Å²) in [7, 11) is 0. The molecule has 0 bridgehead atoms. The molecule has 2 aliphatic rings. The van der Waals surface area contributed by atoms with Gasteiger partial charge in [0.05, 0.1) is 11.9 Å². The van der Waals surface area contributed by atoms with Crippen LogP contribution in [-0.4, -0.2) is 33.9 Å². The quantitative estimate of drug-likeness (QED) is 0.853. The van der Waals surface area contributed by atoms with Crippen LogP contribution in [0.1, 0.15) is 25.5 Å². The van der Waals surface area contributed by atoms with E-state index < -0.39 is 0 Å². The zero-order chi connectivity index (χ0) is 12.8. The van der Waals surface area contributed by atoms with Crippen LogP contribution in [0.4, 0.5) is 4.39 Å². The number of nitrogens with one attached hydrogen (secondary N) is 1. The fourth-order valence-electron chi connectivity index (χ4n) is 2.63. The fraction of sp³-hybridized carbons (Fsp3) is 0.538.